The van der Waals surface area contributed by atoms with Crippen LogP contribution in [0.1, 0.15) is 0 Å². The molecule has 0 amide bonds. The molecule has 0 fully saturated rings. The Morgan fingerprint density at radius 2 is 0.707 bits per heavy atom. The summed E-state index contributed by atoms with van der Waals surface area (Å²) in [4.78, 5) is 21.0. The monoisotopic (exact) mass is 777 g/mol. The van der Waals surface area contributed by atoms with Gasteiger partial charge in [-0.1, -0.05) is 133 Å². The average molecular weight is 778 g/mol. The Balaban J connectivity index is 1.04. The highest BCUT2D eigenvalue weighted by molar-refractivity contribution is 7.99. The molecule has 0 unspecified atom stereocenters. The van der Waals surface area contributed by atoms with Gasteiger partial charge in [-0.25, -0.2) is 9.97 Å². The Hall–Kier alpha value is -6.86. The van der Waals surface area contributed by atoms with Gasteiger partial charge in [-0.2, -0.15) is 0 Å². The number of thiol groups is 1. The summed E-state index contributed by atoms with van der Waals surface area (Å²) in [6.07, 6.45) is 0. The molecule has 10 aromatic rings. The quantitative estimate of drug-likeness (QED) is 0.101. The van der Waals surface area contributed by atoms with Crippen molar-refractivity contribution in [3.63, 3.8) is 0 Å². The standard InChI is InChI=1S/C52H32N4S2/c1-3-15-39-37(13-1)38-14-2-4-16-40(38)52-51(39)53-49(33-25-29-35(30-26-33)55-41-17-5-9-21-45(41)57-46-22-10-6-18-42(46)55)50(54-52)34-27-31-36(32-28-34)56-43-19-7-11-23-47(43)58-48-24-12-8-20-44(48)56/h1-32H/p+1. The van der Waals surface area contributed by atoms with E-state index in [1.165, 1.54) is 64.9 Å². The van der Waals surface area contributed by atoms with Gasteiger partial charge in [0.05, 0.1) is 45.6 Å². The van der Waals surface area contributed by atoms with Gasteiger partial charge in [0.2, 0.25) is 0 Å². The highest BCUT2D eigenvalue weighted by Gasteiger charge is 2.30. The summed E-state index contributed by atoms with van der Waals surface area (Å²) >= 11 is 3.05. The molecule has 0 aliphatic carbocycles. The number of aromatic nitrogens is 2. The SMILES string of the molecule is c1ccc2c(c1)Sc1ccccc1N2c1ccc(-c2nc3c4ccccc4c4ccccc4c3nc2-c2ccc(N3c4ccccc4[SH+]c4ccccc43)cc2)cc1. The molecule has 58 heavy (non-hydrogen) atoms. The summed E-state index contributed by atoms with van der Waals surface area (Å²) in [7, 11) is 0. The summed E-state index contributed by atoms with van der Waals surface area (Å²) in [5.74, 6) is 0. The molecule has 0 saturated carbocycles. The number of hydrogen-bond acceptors (Lipinski definition) is 5. The van der Waals surface area contributed by atoms with Gasteiger partial charge in [0.1, 0.15) is 11.4 Å². The van der Waals surface area contributed by atoms with Crippen molar-refractivity contribution in [1.29, 1.82) is 0 Å². The fourth-order valence-electron chi connectivity index (χ4n) is 8.62. The van der Waals surface area contributed by atoms with Gasteiger partial charge in [0.25, 0.3) is 0 Å². The second kappa shape index (κ2) is 13.4. The first-order valence-corrected chi connectivity index (χ1v) is 21.2. The van der Waals surface area contributed by atoms with E-state index in [1.54, 1.807) is 0 Å². The van der Waals surface area contributed by atoms with Crippen LogP contribution in [-0.2, 0) is 11.8 Å². The van der Waals surface area contributed by atoms with Crippen molar-refractivity contribution in [3.8, 4) is 22.5 Å². The van der Waals surface area contributed by atoms with Crippen LogP contribution in [0.25, 0.3) is 55.1 Å². The number of nitrogens with zero attached hydrogens (tertiary/aromatic N) is 4. The van der Waals surface area contributed by atoms with Crippen molar-refractivity contribution in [2.24, 2.45) is 0 Å². The lowest BCUT2D eigenvalue weighted by molar-refractivity contribution is 1.16. The van der Waals surface area contributed by atoms with Crippen LogP contribution in [0.2, 0.25) is 0 Å². The van der Waals surface area contributed by atoms with Crippen LogP contribution in [0.5, 0.6) is 0 Å². The zero-order valence-corrected chi connectivity index (χ0v) is 32.8. The largest absolute Gasteiger partial charge is 0.308 e. The van der Waals surface area contributed by atoms with E-state index < -0.39 is 0 Å². The van der Waals surface area contributed by atoms with Crippen LogP contribution in [-0.4, -0.2) is 9.97 Å². The number of benzene rings is 9. The molecule has 6 heteroatoms. The Bertz CT molecular complexity index is 2940. The van der Waals surface area contributed by atoms with Gasteiger partial charge in [0, 0.05) is 43.1 Å². The van der Waals surface area contributed by atoms with Crippen molar-refractivity contribution in [1.82, 2.24) is 9.97 Å². The van der Waals surface area contributed by atoms with Crippen LogP contribution in [0, 0.1) is 0 Å². The van der Waals surface area contributed by atoms with Crippen LogP contribution >= 0.6 is 11.8 Å². The number of fused-ring (bicyclic) bond motifs is 10. The second-order valence-corrected chi connectivity index (χ2v) is 16.9. The minimum atomic E-state index is 0.856. The maximum atomic E-state index is 5.60. The normalized spacial score (nSPS) is 13.0. The van der Waals surface area contributed by atoms with Crippen molar-refractivity contribution in [3.05, 3.63) is 194 Å². The summed E-state index contributed by atoms with van der Waals surface area (Å²) < 4.78 is 0. The smallest absolute Gasteiger partial charge is 0.182 e. The molecular formula is C52H33N4S2+. The van der Waals surface area contributed by atoms with E-state index >= 15 is 0 Å². The molecule has 2 aliphatic heterocycles. The van der Waals surface area contributed by atoms with Crippen molar-refractivity contribution in [2.75, 3.05) is 9.80 Å². The lowest BCUT2D eigenvalue weighted by atomic mass is 9.97. The van der Waals surface area contributed by atoms with Gasteiger partial charge in [-0.05, 0) is 83.6 Å². The van der Waals surface area contributed by atoms with E-state index in [-0.39, 0.29) is 0 Å². The number of para-hydroxylation sites is 4. The predicted molar refractivity (Wildman–Crippen MR) is 244 cm³/mol. The second-order valence-electron chi connectivity index (χ2n) is 14.6. The molecule has 0 bridgehead atoms. The summed E-state index contributed by atoms with van der Waals surface area (Å²) in [6.45, 7) is 0. The van der Waals surface area contributed by atoms with Crippen LogP contribution in [0.3, 0.4) is 0 Å². The molecule has 12 rings (SSSR count). The Morgan fingerprint density at radius 3 is 1.17 bits per heavy atom. The molecule has 0 spiro atoms. The molecule has 0 N–H and O–H groups in total. The van der Waals surface area contributed by atoms with Crippen LogP contribution in [0.4, 0.5) is 34.1 Å². The maximum absolute atomic E-state index is 5.60. The zero-order valence-electron chi connectivity index (χ0n) is 31.1. The fraction of sp³-hybridized carbons (Fsp3) is 0. The topological polar surface area (TPSA) is 32.3 Å². The van der Waals surface area contributed by atoms with Gasteiger partial charge < -0.3 is 9.80 Å². The number of hydrogen-bond donors (Lipinski definition) is 0. The lowest BCUT2D eigenvalue weighted by Gasteiger charge is -2.32. The fourth-order valence-corrected chi connectivity index (χ4v) is 10.8. The van der Waals surface area contributed by atoms with Crippen LogP contribution < -0.4 is 9.80 Å². The van der Waals surface area contributed by atoms with E-state index in [0.29, 0.717) is 0 Å². The Kier molecular flexibility index (Phi) is 7.68. The third-order valence-electron chi connectivity index (χ3n) is 11.3. The number of anilines is 6. The molecule has 0 saturated heterocycles. The first kappa shape index (κ1) is 33.3. The summed E-state index contributed by atoms with van der Waals surface area (Å²) in [5, 5.41) is 4.56. The summed E-state index contributed by atoms with van der Waals surface area (Å²) in [5.41, 5.74) is 12.5. The van der Waals surface area contributed by atoms with Gasteiger partial charge in [-0.3, -0.25) is 0 Å². The molecule has 9 aromatic carbocycles. The minimum absolute atomic E-state index is 0.856. The van der Waals surface area contributed by atoms with E-state index in [2.05, 4.69) is 204 Å². The molecule has 0 radical (unpaired) electrons. The Labute approximate surface area is 344 Å². The molecule has 2 aliphatic rings. The average Bonchev–Trinajstić information content (AvgIpc) is 3.30. The maximum Gasteiger partial charge on any atom is 0.182 e. The molecule has 4 nitrogen and oxygen atoms in total. The van der Waals surface area contributed by atoms with Crippen LogP contribution in [0.15, 0.2) is 214 Å². The zero-order chi connectivity index (χ0) is 38.2. The minimum Gasteiger partial charge on any atom is -0.308 e. The van der Waals surface area contributed by atoms with E-state index in [4.69, 9.17) is 9.97 Å². The van der Waals surface area contributed by atoms with Crippen molar-refractivity contribution >= 4 is 90.2 Å². The Morgan fingerprint density at radius 1 is 0.345 bits per heavy atom. The highest BCUT2D eigenvalue weighted by Crippen LogP contribution is 2.52. The molecule has 1 aromatic heterocycles. The molecule has 272 valence electrons. The predicted octanol–water partition coefficient (Wildman–Crippen LogP) is 14.2. The molecule has 3 heterocycles. The van der Waals surface area contributed by atoms with Crippen molar-refractivity contribution < 1.29 is 0 Å². The molecular weight excluding hydrogens is 745 g/mol. The first-order valence-electron chi connectivity index (χ1n) is 19.4. The van der Waals surface area contributed by atoms with Crippen molar-refractivity contribution in [2.45, 2.75) is 19.6 Å². The highest BCUT2D eigenvalue weighted by atomic mass is 32.2. The third kappa shape index (κ3) is 5.26. The first-order chi connectivity index (χ1) is 28.8. The lowest BCUT2D eigenvalue weighted by Crippen LogP contribution is -2.17. The number of rotatable bonds is 4. The summed E-state index contributed by atoms with van der Waals surface area (Å²) in [6, 6.07) is 69.6. The van der Waals surface area contributed by atoms with Gasteiger partial charge in [0.15, 0.2) is 9.79 Å². The van der Waals surface area contributed by atoms with E-state index in [0.717, 1.165) is 55.7 Å². The van der Waals surface area contributed by atoms with Gasteiger partial charge >= 0.3 is 0 Å². The third-order valence-corrected chi connectivity index (χ3v) is 13.6. The molecule has 0 atom stereocenters. The van der Waals surface area contributed by atoms with Gasteiger partial charge in [-0.15, -0.1) is 0 Å². The van der Waals surface area contributed by atoms with E-state index in [9.17, 15) is 0 Å². The van der Waals surface area contributed by atoms with E-state index in [1.807, 2.05) is 11.8 Å².